The van der Waals surface area contributed by atoms with Gasteiger partial charge in [-0.2, -0.15) is 0 Å². The van der Waals surface area contributed by atoms with Crippen molar-refractivity contribution in [1.82, 2.24) is 0 Å². The van der Waals surface area contributed by atoms with Gasteiger partial charge in [-0.25, -0.2) is 0 Å². The first-order chi connectivity index (χ1) is 17.9. The molecule has 4 nitrogen and oxygen atoms in total. The Bertz CT molecular complexity index is 1180. The van der Waals surface area contributed by atoms with Gasteiger partial charge in [0, 0.05) is 23.6 Å². The molecule has 0 atom stereocenters. The van der Waals surface area contributed by atoms with E-state index in [-0.39, 0.29) is 11.8 Å². The molecule has 0 aromatic heterocycles. The van der Waals surface area contributed by atoms with Crippen LogP contribution in [-0.4, -0.2) is 22.6 Å². The molecule has 38 heavy (non-hydrogen) atoms. The summed E-state index contributed by atoms with van der Waals surface area (Å²) in [5.74, 6) is 2.14. The normalized spacial score (nSPS) is 12.3. The number of benzene rings is 3. The lowest BCUT2D eigenvalue weighted by atomic mass is 9.93. The van der Waals surface area contributed by atoms with Crippen molar-refractivity contribution >= 4 is 23.8 Å². The van der Waals surface area contributed by atoms with Crippen molar-refractivity contribution in [2.24, 2.45) is 21.8 Å². The molecule has 3 aromatic rings. The minimum atomic E-state index is 0.230. The molecule has 0 aliphatic heterocycles. The van der Waals surface area contributed by atoms with Gasteiger partial charge in [0.15, 0.2) is 0 Å². The van der Waals surface area contributed by atoms with E-state index < -0.39 is 0 Å². The molecule has 0 saturated heterocycles. The van der Waals surface area contributed by atoms with Crippen LogP contribution in [0.2, 0.25) is 0 Å². The maximum atomic E-state index is 10.8. The van der Waals surface area contributed by atoms with E-state index in [2.05, 4.69) is 77.5 Å². The van der Waals surface area contributed by atoms with Crippen molar-refractivity contribution in [2.45, 2.75) is 80.1 Å². The van der Waals surface area contributed by atoms with Crippen LogP contribution in [0, 0.1) is 11.8 Å². The van der Waals surface area contributed by atoms with Gasteiger partial charge in [0.1, 0.15) is 11.5 Å². The van der Waals surface area contributed by atoms with Crippen LogP contribution in [0.15, 0.2) is 58.5 Å². The monoisotopic (exact) mass is 512 g/mol. The molecule has 0 spiro atoms. The zero-order chi connectivity index (χ0) is 28.0. The second kappa shape index (κ2) is 12.9. The number of phenolic OH excluding ortho intramolecular Hbond substituents is 2. The van der Waals surface area contributed by atoms with Gasteiger partial charge >= 0.3 is 0 Å². The Balaban J connectivity index is 1.83. The maximum absolute atomic E-state index is 10.8. The smallest absolute Gasteiger partial charge is 0.127 e. The molecule has 2 N–H and O–H groups in total. The van der Waals surface area contributed by atoms with E-state index in [9.17, 15) is 10.2 Å². The van der Waals surface area contributed by atoms with E-state index in [1.807, 2.05) is 36.4 Å². The molecule has 0 unspecified atom stereocenters. The lowest BCUT2D eigenvalue weighted by Crippen LogP contribution is -2.00. The van der Waals surface area contributed by atoms with Crippen molar-refractivity contribution in [1.29, 1.82) is 0 Å². The summed E-state index contributed by atoms with van der Waals surface area (Å²) >= 11 is 0. The topological polar surface area (TPSA) is 65.2 Å². The zero-order valence-electron chi connectivity index (χ0n) is 24.3. The summed E-state index contributed by atoms with van der Waals surface area (Å²) < 4.78 is 0. The van der Waals surface area contributed by atoms with Crippen LogP contribution in [0.25, 0.3) is 0 Å². The highest BCUT2D eigenvalue weighted by molar-refractivity contribution is 5.87. The first-order valence-corrected chi connectivity index (χ1v) is 13.8. The number of hydrogen-bond donors (Lipinski definition) is 2. The lowest BCUT2D eigenvalue weighted by Gasteiger charge is -2.15. The van der Waals surface area contributed by atoms with Gasteiger partial charge in [-0.3, -0.25) is 9.98 Å². The van der Waals surface area contributed by atoms with E-state index in [1.165, 1.54) is 11.1 Å². The standard InChI is InChI=1S/C34H44N2O2/c1-21(2)13-25-15-27(33(37)31(17-25)23(5)6)19-35-29-9-11-30(12-10-29)36-20-28-16-26(14-22(3)4)18-32(24(7)8)34(28)38/h9-12,15-24,37-38H,13-14H2,1-8H3. The Kier molecular flexibility index (Phi) is 9.90. The molecule has 0 amide bonds. The molecular formula is C34H44N2O2. The van der Waals surface area contributed by atoms with Gasteiger partial charge in [0.05, 0.1) is 11.4 Å². The van der Waals surface area contributed by atoms with Crippen LogP contribution in [0.1, 0.15) is 101 Å². The largest absolute Gasteiger partial charge is 0.507 e. The van der Waals surface area contributed by atoms with Gasteiger partial charge in [-0.1, -0.05) is 67.5 Å². The van der Waals surface area contributed by atoms with Crippen molar-refractivity contribution in [3.05, 3.63) is 81.9 Å². The van der Waals surface area contributed by atoms with Gasteiger partial charge in [-0.05, 0) is 95.2 Å². The molecule has 3 rings (SSSR count). The number of rotatable bonds is 10. The maximum Gasteiger partial charge on any atom is 0.127 e. The van der Waals surface area contributed by atoms with E-state index in [1.54, 1.807) is 12.4 Å². The summed E-state index contributed by atoms with van der Waals surface area (Å²) in [4.78, 5) is 9.25. The van der Waals surface area contributed by atoms with E-state index in [4.69, 9.17) is 0 Å². The minimum absolute atomic E-state index is 0.230. The number of nitrogens with zero attached hydrogens (tertiary/aromatic N) is 2. The quantitative estimate of drug-likeness (QED) is 0.266. The fourth-order valence-electron chi connectivity index (χ4n) is 4.66. The van der Waals surface area contributed by atoms with E-state index >= 15 is 0 Å². The van der Waals surface area contributed by atoms with Gasteiger partial charge in [-0.15, -0.1) is 0 Å². The van der Waals surface area contributed by atoms with Crippen LogP contribution in [0.5, 0.6) is 11.5 Å². The molecule has 0 aliphatic rings. The Hall–Kier alpha value is -3.40. The van der Waals surface area contributed by atoms with Gasteiger partial charge < -0.3 is 10.2 Å². The highest BCUT2D eigenvalue weighted by atomic mass is 16.3. The Morgan fingerprint density at radius 3 is 1.21 bits per heavy atom. The Labute approximate surface area is 229 Å². The van der Waals surface area contributed by atoms with Crippen LogP contribution in [0.3, 0.4) is 0 Å². The predicted molar refractivity (Wildman–Crippen MR) is 162 cm³/mol. The van der Waals surface area contributed by atoms with E-state index in [0.29, 0.717) is 23.3 Å². The molecule has 0 fully saturated rings. The lowest BCUT2D eigenvalue weighted by molar-refractivity contribution is 0.463. The summed E-state index contributed by atoms with van der Waals surface area (Å²) in [6.45, 7) is 17.2. The molecule has 0 saturated carbocycles. The molecule has 0 heterocycles. The highest BCUT2D eigenvalue weighted by Gasteiger charge is 2.14. The summed E-state index contributed by atoms with van der Waals surface area (Å²) in [7, 11) is 0. The predicted octanol–water partition coefficient (Wildman–Crippen LogP) is 9.24. The van der Waals surface area contributed by atoms with Crippen molar-refractivity contribution in [3.63, 3.8) is 0 Å². The highest BCUT2D eigenvalue weighted by Crippen LogP contribution is 2.32. The van der Waals surface area contributed by atoms with Crippen molar-refractivity contribution in [3.8, 4) is 11.5 Å². The third-order valence-corrected chi connectivity index (χ3v) is 6.54. The third kappa shape index (κ3) is 7.80. The van der Waals surface area contributed by atoms with Crippen molar-refractivity contribution in [2.75, 3.05) is 0 Å². The third-order valence-electron chi connectivity index (χ3n) is 6.54. The summed E-state index contributed by atoms with van der Waals surface area (Å²) in [5.41, 5.74) is 7.40. The van der Waals surface area contributed by atoms with Crippen LogP contribution >= 0.6 is 0 Å². The molecule has 202 valence electrons. The summed E-state index contributed by atoms with van der Waals surface area (Å²) in [5, 5.41) is 21.7. The zero-order valence-corrected chi connectivity index (χ0v) is 24.3. The molecule has 3 aromatic carbocycles. The summed E-state index contributed by atoms with van der Waals surface area (Å²) in [6, 6.07) is 16.0. The fourth-order valence-corrected chi connectivity index (χ4v) is 4.66. The fraction of sp³-hybridized carbons (Fsp3) is 0.412. The SMILES string of the molecule is CC(C)Cc1cc(C=Nc2ccc(N=Cc3cc(CC(C)C)cc(C(C)C)c3O)cc2)c(O)c(C(C)C)c1. The van der Waals surface area contributed by atoms with Crippen molar-refractivity contribution < 1.29 is 10.2 Å². The average Bonchev–Trinajstić information content (AvgIpc) is 2.83. The minimum Gasteiger partial charge on any atom is -0.507 e. The molecule has 0 bridgehead atoms. The Morgan fingerprint density at radius 1 is 0.579 bits per heavy atom. The average molecular weight is 513 g/mol. The molecular weight excluding hydrogens is 468 g/mol. The van der Waals surface area contributed by atoms with E-state index in [0.717, 1.165) is 46.5 Å². The van der Waals surface area contributed by atoms with Gasteiger partial charge in [0.2, 0.25) is 0 Å². The number of phenols is 2. The molecule has 4 heteroatoms. The Morgan fingerprint density at radius 2 is 0.921 bits per heavy atom. The van der Waals surface area contributed by atoms with Crippen LogP contribution in [0.4, 0.5) is 11.4 Å². The first kappa shape index (κ1) is 29.2. The number of hydrogen-bond acceptors (Lipinski definition) is 4. The second-order valence-electron chi connectivity index (χ2n) is 11.8. The van der Waals surface area contributed by atoms with Crippen LogP contribution in [-0.2, 0) is 12.8 Å². The van der Waals surface area contributed by atoms with Gasteiger partial charge in [0.25, 0.3) is 0 Å². The second-order valence-corrected chi connectivity index (χ2v) is 11.8. The van der Waals surface area contributed by atoms with Crippen LogP contribution < -0.4 is 0 Å². The molecule has 0 aliphatic carbocycles. The number of aromatic hydroxyl groups is 2. The number of aliphatic imine (C=N–C) groups is 2. The first-order valence-electron chi connectivity index (χ1n) is 13.8. The molecule has 0 radical (unpaired) electrons. The summed E-state index contributed by atoms with van der Waals surface area (Å²) in [6.07, 6.45) is 5.41.